The van der Waals surface area contributed by atoms with E-state index in [-0.39, 0.29) is 11.8 Å². The van der Waals surface area contributed by atoms with Crippen molar-refractivity contribution < 1.29 is 9.53 Å². The molecule has 0 saturated carbocycles. The molecular weight excluding hydrogens is 286 g/mol. The number of alkyl halides is 1. The van der Waals surface area contributed by atoms with Gasteiger partial charge in [-0.25, -0.2) is 0 Å². The largest absolute Gasteiger partial charge is 0.489 e. The van der Waals surface area contributed by atoms with Crippen LogP contribution in [0.15, 0.2) is 42.5 Å². The summed E-state index contributed by atoms with van der Waals surface area (Å²) in [7, 11) is 0. The molecule has 2 aromatic carbocycles. The number of rotatable bonds is 5. The zero-order valence-electron chi connectivity index (χ0n) is 12.2. The van der Waals surface area contributed by atoms with Crippen LogP contribution in [0.2, 0.25) is 0 Å². The summed E-state index contributed by atoms with van der Waals surface area (Å²) < 4.78 is 5.78. The van der Waals surface area contributed by atoms with Gasteiger partial charge in [0.15, 0.2) is 0 Å². The van der Waals surface area contributed by atoms with Gasteiger partial charge in [-0.05, 0) is 43.2 Å². The lowest BCUT2D eigenvalue weighted by Crippen LogP contribution is -2.13. The Morgan fingerprint density at radius 1 is 1.19 bits per heavy atom. The van der Waals surface area contributed by atoms with Crippen LogP contribution in [0.25, 0.3) is 0 Å². The van der Waals surface area contributed by atoms with Crippen LogP contribution in [-0.4, -0.2) is 11.8 Å². The van der Waals surface area contributed by atoms with Crippen molar-refractivity contribution in [2.24, 2.45) is 0 Å². The van der Waals surface area contributed by atoms with E-state index in [1.54, 1.807) is 0 Å². The highest BCUT2D eigenvalue weighted by molar-refractivity contribution is 6.29. The molecule has 0 heterocycles. The molecular formula is C17H18ClNO2. The number of ether oxygens (including phenoxy) is 1. The van der Waals surface area contributed by atoms with E-state index in [2.05, 4.69) is 24.4 Å². The topological polar surface area (TPSA) is 38.3 Å². The minimum Gasteiger partial charge on any atom is -0.489 e. The van der Waals surface area contributed by atoms with Crippen molar-refractivity contribution in [3.63, 3.8) is 0 Å². The first kappa shape index (κ1) is 15.4. The normalized spacial score (nSPS) is 10.2. The van der Waals surface area contributed by atoms with Gasteiger partial charge in [-0.15, -0.1) is 11.6 Å². The van der Waals surface area contributed by atoms with Gasteiger partial charge < -0.3 is 10.1 Å². The third-order valence-electron chi connectivity index (χ3n) is 3.08. The van der Waals surface area contributed by atoms with Crippen LogP contribution in [0, 0.1) is 13.8 Å². The Morgan fingerprint density at radius 3 is 2.67 bits per heavy atom. The Balaban J connectivity index is 2.01. The summed E-state index contributed by atoms with van der Waals surface area (Å²) >= 11 is 5.48. The van der Waals surface area contributed by atoms with Crippen LogP contribution >= 0.6 is 11.6 Å². The molecule has 1 N–H and O–H groups in total. The smallest absolute Gasteiger partial charge is 0.239 e. The van der Waals surface area contributed by atoms with Gasteiger partial charge >= 0.3 is 0 Å². The first-order valence-electron chi connectivity index (χ1n) is 6.73. The van der Waals surface area contributed by atoms with Crippen molar-refractivity contribution in [2.45, 2.75) is 20.5 Å². The molecule has 3 nitrogen and oxygen atoms in total. The highest BCUT2D eigenvalue weighted by Gasteiger charge is 2.05. The molecule has 0 aromatic heterocycles. The van der Waals surface area contributed by atoms with Crippen LogP contribution in [0.1, 0.15) is 16.7 Å². The van der Waals surface area contributed by atoms with Gasteiger partial charge in [0.25, 0.3) is 0 Å². The molecule has 2 rings (SSSR count). The van der Waals surface area contributed by atoms with Gasteiger partial charge in [0.05, 0.1) is 0 Å². The second kappa shape index (κ2) is 7.14. The van der Waals surface area contributed by atoms with Gasteiger partial charge in [-0.1, -0.05) is 29.8 Å². The Bertz CT molecular complexity index is 640. The second-order valence-electron chi connectivity index (χ2n) is 4.94. The highest BCUT2D eigenvalue weighted by atomic mass is 35.5. The molecule has 0 aliphatic carbocycles. The third-order valence-corrected chi connectivity index (χ3v) is 3.32. The molecule has 0 radical (unpaired) electrons. The number of carbonyl (C=O) groups excluding carboxylic acids is 1. The summed E-state index contributed by atoms with van der Waals surface area (Å²) in [5.74, 6) is 0.511. The molecule has 0 atom stereocenters. The quantitative estimate of drug-likeness (QED) is 0.846. The third kappa shape index (κ3) is 4.50. The molecule has 110 valence electrons. The number of benzene rings is 2. The van der Waals surface area contributed by atoms with E-state index in [4.69, 9.17) is 16.3 Å². The predicted molar refractivity (Wildman–Crippen MR) is 86.0 cm³/mol. The fourth-order valence-electron chi connectivity index (χ4n) is 2.02. The molecule has 0 aliphatic rings. The van der Waals surface area contributed by atoms with Crippen molar-refractivity contribution >= 4 is 23.2 Å². The summed E-state index contributed by atoms with van der Waals surface area (Å²) in [6.07, 6.45) is 0. The average Bonchev–Trinajstić information content (AvgIpc) is 2.47. The molecule has 0 spiro atoms. The van der Waals surface area contributed by atoms with Gasteiger partial charge in [0, 0.05) is 5.69 Å². The monoisotopic (exact) mass is 303 g/mol. The summed E-state index contributed by atoms with van der Waals surface area (Å²) in [5, 5.41) is 2.74. The molecule has 0 unspecified atom stereocenters. The maximum Gasteiger partial charge on any atom is 0.239 e. The van der Waals surface area contributed by atoms with Crippen molar-refractivity contribution in [1.82, 2.24) is 0 Å². The van der Waals surface area contributed by atoms with Gasteiger partial charge in [-0.2, -0.15) is 0 Å². The molecule has 0 aliphatic heterocycles. The number of nitrogens with one attached hydrogen (secondary N) is 1. The number of amides is 1. The fourth-order valence-corrected chi connectivity index (χ4v) is 2.09. The lowest BCUT2D eigenvalue weighted by Gasteiger charge is -2.11. The fraction of sp³-hybridized carbons (Fsp3) is 0.235. The number of hydrogen-bond donors (Lipinski definition) is 1. The molecule has 0 saturated heterocycles. The predicted octanol–water partition coefficient (Wildman–Crippen LogP) is 4.06. The molecule has 0 fully saturated rings. The van der Waals surface area contributed by atoms with Crippen molar-refractivity contribution in [3.05, 3.63) is 59.2 Å². The minimum absolute atomic E-state index is 0.0505. The molecule has 0 bridgehead atoms. The zero-order valence-corrected chi connectivity index (χ0v) is 12.9. The van der Waals surface area contributed by atoms with Crippen LogP contribution in [0.4, 0.5) is 5.69 Å². The maximum atomic E-state index is 11.3. The molecule has 21 heavy (non-hydrogen) atoms. The SMILES string of the molecule is Cc1cccc(COc2ccc(NC(=O)CCl)c(C)c2)c1. The van der Waals surface area contributed by atoms with E-state index in [0.717, 1.165) is 22.6 Å². The van der Waals surface area contributed by atoms with Gasteiger partial charge in [0.2, 0.25) is 5.91 Å². The van der Waals surface area contributed by atoms with Crippen LogP contribution in [-0.2, 0) is 11.4 Å². The summed E-state index contributed by atoms with van der Waals surface area (Å²) in [6.45, 7) is 4.50. The second-order valence-corrected chi connectivity index (χ2v) is 5.20. The number of hydrogen-bond acceptors (Lipinski definition) is 2. The Kier molecular flexibility index (Phi) is 5.23. The zero-order chi connectivity index (χ0) is 15.2. The maximum absolute atomic E-state index is 11.3. The number of carbonyl (C=O) groups is 1. The Hall–Kier alpha value is -2.00. The number of halogens is 1. The first-order valence-corrected chi connectivity index (χ1v) is 7.27. The van der Waals surface area contributed by atoms with Crippen molar-refractivity contribution in [1.29, 1.82) is 0 Å². The van der Waals surface area contributed by atoms with E-state index >= 15 is 0 Å². The highest BCUT2D eigenvalue weighted by Crippen LogP contribution is 2.22. The lowest BCUT2D eigenvalue weighted by atomic mass is 10.1. The molecule has 4 heteroatoms. The Morgan fingerprint density at radius 2 is 2.00 bits per heavy atom. The Labute approximate surface area is 129 Å². The summed E-state index contributed by atoms with van der Waals surface area (Å²) in [6, 6.07) is 13.8. The van der Waals surface area contributed by atoms with Crippen LogP contribution in [0.5, 0.6) is 5.75 Å². The van der Waals surface area contributed by atoms with Crippen molar-refractivity contribution in [3.8, 4) is 5.75 Å². The minimum atomic E-state index is -0.215. The van der Waals surface area contributed by atoms with Crippen LogP contribution in [0.3, 0.4) is 0 Å². The van der Waals surface area contributed by atoms with Gasteiger partial charge in [-0.3, -0.25) is 4.79 Å². The molecule has 2 aromatic rings. The van der Waals surface area contributed by atoms with Crippen LogP contribution < -0.4 is 10.1 Å². The molecule has 1 amide bonds. The average molecular weight is 304 g/mol. The number of anilines is 1. The first-order chi connectivity index (χ1) is 10.1. The lowest BCUT2D eigenvalue weighted by molar-refractivity contribution is -0.113. The van der Waals surface area contributed by atoms with E-state index in [9.17, 15) is 4.79 Å². The van der Waals surface area contributed by atoms with Gasteiger partial charge in [0.1, 0.15) is 18.2 Å². The summed E-state index contributed by atoms with van der Waals surface area (Å²) in [5.41, 5.74) is 4.04. The summed E-state index contributed by atoms with van der Waals surface area (Å²) in [4.78, 5) is 11.3. The van der Waals surface area contributed by atoms with Crippen molar-refractivity contribution in [2.75, 3.05) is 11.2 Å². The van der Waals surface area contributed by atoms with E-state index in [0.29, 0.717) is 6.61 Å². The van der Waals surface area contributed by atoms with E-state index in [1.807, 2.05) is 37.3 Å². The van der Waals surface area contributed by atoms with E-state index in [1.165, 1.54) is 5.56 Å². The number of aryl methyl sites for hydroxylation is 2. The standard InChI is InChI=1S/C17H18ClNO2/c1-12-4-3-5-14(8-12)11-21-15-6-7-16(13(2)9-15)19-17(20)10-18/h3-9H,10-11H2,1-2H3,(H,19,20). The van der Waals surface area contributed by atoms with E-state index < -0.39 is 0 Å².